The molecule has 3 nitrogen and oxygen atoms in total. The summed E-state index contributed by atoms with van der Waals surface area (Å²) >= 11 is 15.6. The highest BCUT2D eigenvalue weighted by atomic mass is 79.9. The van der Waals surface area contributed by atoms with Gasteiger partial charge in [-0.15, -0.1) is 0 Å². The second-order valence-corrected chi connectivity index (χ2v) is 6.20. The van der Waals surface area contributed by atoms with Crippen molar-refractivity contribution in [3.05, 3.63) is 26.7 Å². The summed E-state index contributed by atoms with van der Waals surface area (Å²) in [5.41, 5.74) is 0.779. The molecular weight excluding hydrogens is 341 g/mol. The lowest BCUT2D eigenvalue weighted by Gasteiger charge is -2.35. The van der Waals surface area contributed by atoms with E-state index in [9.17, 15) is 0 Å². The van der Waals surface area contributed by atoms with E-state index in [4.69, 9.17) is 32.7 Å². The van der Waals surface area contributed by atoms with Crippen LogP contribution in [0.1, 0.15) is 13.8 Å². The third-order valence-corrected chi connectivity index (χ3v) is 4.43. The van der Waals surface area contributed by atoms with Gasteiger partial charge in [0.05, 0.1) is 35.0 Å². The van der Waals surface area contributed by atoms with E-state index in [2.05, 4.69) is 21.2 Å². The predicted octanol–water partition coefficient (Wildman–Crippen LogP) is 4.32. The van der Waals surface area contributed by atoms with Crippen molar-refractivity contribution >= 4 is 44.8 Å². The Balaban J connectivity index is 2.05. The summed E-state index contributed by atoms with van der Waals surface area (Å²) in [5, 5.41) is 4.26. The van der Waals surface area contributed by atoms with Crippen LogP contribution in [-0.4, -0.2) is 25.0 Å². The number of hydrogen-bond acceptors (Lipinski definition) is 3. The van der Waals surface area contributed by atoms with Crippen LogP contribution < -0.4 is 5.32 Å². The average Bonchev–Trinajstić information content (AvgIpc) is 2.32. The Kier molecular flexibility index (Phi) is 4.44. The molecule has 1 heterocycles. The number of hydrogen-bond donors (Lipinski definition) is 1. The second-order valence-electron chi connectivity index (χ2n) is 4.59. The van der Waals surface area contributed by atoms with E-state index in [1.165, 1.54) is 0 Å². The van der Waals surface area contributed by atoms with Crippen molar-refractivity contribution in [2.24, 2.45) is 0 Å². The normalized spacial score (nSPS) is 19.8. The molecule has 6 heteroatoms. The van der Waals surface area contributed by atoms with E-state index in [-0.39, 0.29) is 6.04 Å². The highest BCUT2D eigenvalue weighted by Crippen LogP contribution is 2.36. The largest absolute Gasteiger partial charge is 0.376 e. The first kappa shape index (κ1) is 14.4. The molecule has 1 aliphatic rings. The molecule has 1 aliphatic heterocycles. The SMILES string of the molecule is CC1(C)OCC(Nc2ccc(Br)c(Cl)c2Cl)CO1. The van der Waals surface area contributed by atoms with Gasteiger partial charge in [0.1, 0.15) is 0 Å². The number of ether oxygens (including phenoxy) is 2. The van der Waals surface area contributed by atoms with E-state index in [1.807, 2.05) is 26.0 Å². The highest BCUT2D eigenvalue weighted by molar-refractivity contribution is 9.10. The summed E-state index contributed by atoms with van der Waals surface area (Å²) in [7, 11) is 0. The molecule has 0 amide bonds. The maximum Gasteiger partial charge on any atom is 0.162 e. The van der Waals surface area contributed by atoms with Crippen molar-refractivity contribution in [2.75, 3.05) is 18.5 Å². The molecule has 0 aliphatic carbocycles. The minimum absolute atomic E-state index is 0.0627. The molecule has 0 spiro atoms. The van der Waals surface area contributed by atoms with Gasteiger partial charge in [0.15, 0.2) is 5.79 Å². The Labute approximate surface area is 125 Å². The minimum Gasteiger partial charge on any atom is -0.376 e. The molecule has 0 atom stereocenters. The van der Waals surface area contributed by atoms with Crippen molar-refractivity contribution in [1.29, 1.82) is 0 Å². The van der Waals surface area contributed by atoms with Crippen LogP contribution >= 0.6 is 39.1 Å². The summed E-state index contributed by atoms with van der Waals surface area (Å²) in [6.45, 7) is 4.92. The summed E-state index contributed by atoms with van der Waals surface area (Å²) in [5.74, 6) is -0.515. The zero-order valence-electron chi connectivity index (χ0n) is 10.1. The lowest BCUT2D eigenvalue weighted by molar-refractivity contribution is -0.247. The number of nitrogens with one attached hydrogen (secondary N) is 1. The van der Waals surface area contributed by atoms with E-state index in [1.54, 1.807) is 0 Å². The smallest absolute Gasteiger partial charge is 0.162 e. The van der Waals surface area contributed by atoms with E-state index >= 15 is 0 Å². The number of halogens is 3. The van der Waals surface area contributed by atoms with Crippen LogP contribution in [0.15, 0.2) is 16.6 Å². The van der Waals surface area contributed by atoms with Gasteiger partial charge in [-0.25, -0.2) is 0 Å². The topological polar surface area (TPSA) is 30.5 Å². The van der Waals surface area contributed by atoms with E-state index < -0.39 is 5.79 Å². The fourth-order valence-electron chi connectivity index (χ4n) is 1.63. The van der Waals surface area contributed by atoms with Gasteiger partial charge < -0.3 is 14.8 Å². The molecule has 18 heavy (non-hydrogen) atoms. The lowest BCUT2D eigenvalue weighted by atomic mass is 10.2. The van der Waals surface area contributed by atoms with Crippen LogP contribution in [0, 0.1) is 0 Å². The first-order valence-corrected chi connectivity index (χ1v) is 7.12. The van der Waals surface area contributed by atoms with E-state index in [0.29, 0.717) is 23.3 Å². The molecule has 1 aromatic carbocycles. The zero-order chi connectivity index (χ0) is 13.3. The molecule has 0 unspecified atom stereocenters. The number of benzene rings is 1. The quantitative estimate of drug-likeness (QED) is 0.802. The maximum absolute atomic E-state index is 6.17. The van der Waals surface area contributed by atoms with Crippen LogP contribution in [-0.2, 0) is 9.47 Å². The maximum atomic E-state index is 6.17. The summed E-state index contributed by atoms with van der Waals surface area (Å²) < 4.78 is 11.9. The average molecular weight is 355 g/mol. The fourth-order valence-corrected chi connectivity index (χ4v) is 2.46. The molecule has 1 aromatic rings. The molecular formula is C12H14BrCl2NO2. The van der Waals surface area contributed by atoms with Gasteiger partial charge in [-0.2, -0.15) is 0 Å². The number of rotatable bonds is 2. The third-order valence-electron chi connectivity index (χ3n) is 2.66. The van der Waals surface area contributed by atoms with Crippen LogP contribution in [0.5, 0.6) is 0 Å². The van der Waals surface area contributed by atoms with Crippen molar-refractivity contribution in [3.8, 4) is 0 Å². The Hall–Kier alpha value is -0.0000000000000000763. The summed E-state index contributed by atoms with van der Waals surface area (Å²) in [6, 6.07) is 3.79. The first-order valence-electron chi connectivity index (χ1n) is 5.57. The van der Waals surface area contributed by atoms with Gasteiger partial charge in [-0.1, -0.05) is 23.2 Å². The zero-order valence-corrected chi connectivity index (χ0v) is 13.2. The van der Waals surface area contributed by atoms with Crippen molar-refractivity contribution in [1.82, 2.24) is 0 Å². The second kappa shape index (κ2) is 5.55. The van der Waals surface area contributed by atoms with Crippen LogP contribution in [0.25, 0.3) is 0 Å². The monoisotopic (exact) mass is 353 g/mol. The molecule has 0 bridgehead atoms. The molecule has 0 saturated carbocycles. The molecule has 100 valence electrons. The summed E-state index contributed by atoms with van der Waals surface area (Å²) in [6.07, 6.45) is 0. The van der Waals surface area contributed by atoms with Crippen LogP contribution in [0.2, 0.25) is 10.0 Å². The Morgan fingerprint density at radius 1 is 1.22 bits per heavy atom. The Morgan fingerprint density at radius 3 is 2.44 bits per heavy atom. The molecule has 1 N–H and O–H groups in total. The summed E-state index contributed by atoms with van der Waals surface area (Å²) in [4.78, 5) is 0. The minimum atomic E-state index is -0.515. The van der Waals surface area contributed by atoms with Gasteiger partial charge in [-0.3, -0.25) is 0 Å². The van der Waals surface area contributed by atoms with E-state index in [0.717, 1.165) is 10.2 Å². The van der Waals surface area contributed by atoms with Gasteiger partial charge in [0.25, 0.3) is 0 Å². The van der Waals surface area contributed by atoms with Gasteiger partial charge in [0, 0.05) is 4.47 Å². The molecule has 0 radical (unpaired) electrons. The van der Waals surface area contributed by atoms with Crippen LogP contribution in [0.4, 0.5) is 5.69 Å². The Bertz CT molecular complexity index is 444. The number of anilines is 1. The van der Waals surface area contributed by atoms with Gasteiger partial charge in [0.2, 0.25) is 0 Å². The Morgan fingerprint density at radius 2 is 1.83 bits per heavy atom. The molecule has 2 rings (SSSR count). The van der Waals surface area contributed by atoms with Crippen LogP contribution in [0.3, 0.4) is 0 Å². The van der Waals surface area contributed by atoms with Crippen molar-refractivity contribution in [3.63, 3.8) is 0 Å². The highest BCUT2D eigenvalue weighted by Gasteiger charge is 2.28. The van der Waals surface area contributed by atoms with Crippen molar-refractivity contribution < 1.29 is 9.47 Å². The third kappa shape index (κ3) is 3.31. The molecule has 1 fully saturated rings. The molecule has 0 aromatic heterocycles. The fraction of sp³-hybridized carbons (Fsp3) is 0.500. The standard InChI is InChI=1S/C12H14BrCl2NO2/c1-12(2)17-5-7(6-18-12)16-9-4-3-8(13)10(14)11(9)15/h3-4,7,16H,5-6H2,1-2H3. The molecule has 1 saturated heterocycles. The predicted molar refractivity (Wildman–Crippen MR) is 77.6 cm³/mol. The lowest BCUT2D eigenvalue weighted by Crippen LogP contribution is -2.45. The van der Waals surface area contributed by atoms with Gasteiger partial charge >= 0.3 is 0 Å². The van der Waals surface area contributed by atoms with Gasteiger partial charge in [-0.05, 0) is 41.9 Å². The van der Waals surface area contributed by atoms with Crippen molar-refractivity contribution in [2.45, 2.75) is 25.7 Å². The first-order chi connectivity index (χ1) is 8.39.